The number of amides is 1. The molecular formula is C12H10N4O. The fourth-order valence-electron chi connectivity index (χ4n) is 1.92. The highest BCUT2D eigenvalue weighted by Crippen LogP contribution is 2.21. The van der Waals surface area contributed by atoms with Gasteiger partial charge in [-0.1, -0.05) is 6.07 Å². The number of nitrogens with zero attached hydrogens (tertiary/aromatic N) is 4. The molecule has 84 valence electrons. The first-order chi connectivity index (χ1) is 8.34. The van der Waals surface area contributed by atoms with E-state index in [0.29, 0.717) is 18.8 Å². The number of fused-ring (bicyclic) bond motifs is 1. The van der Waals surface area contributed by atoms with Crippen LogP contribution in [0, 0.1) is 0 Å². The molecule has 0 N–H and O–H groups in total. The molecule has 2 aromatic heterocycles. The molecule has 0 spiro atoms. The van der Waals surface area contributed by atoms with Crippen molar-refractivity contribution in [3.63, 3.8) is 0 Å². The van der Waals surface area contributed by atoms with Gasteiger partial charge in [0.05, 0.1) is 18.4 Å². The molecule has 17 heavy (non-hydrogen) atoms. The van der Waals surface area contributed by atoms with Gasteiger partial charge in [0.25, 0.3) is 5.91 Å². The average molecular weight is 226 g/mol. The van der Waals surface area contributed by atoms with Crippen LogP contribution in [0.25, 0.3) is 0 Å². The van der Waals surface area contributed by atoms with Gasteiger partial charge in [0.15, 0.2) is 0 Å². The standard InChI is InChI=1S/C12H10N4O/c17-12(10-6-13-4-5-15-10)16-7-9-2-1-3-14-11(9)8-16/h1-6H,7-8H2. The van der Waals surface area contributed by atoms with Crippen molar-refractivity contribution in [3.8, 4) is 0 Å². The van der Waals surface area contributed by atoms with Crippen LogP contribution in [-0.2, 0) is 13.1 Å². The summed E-state index contributed by atoms with van der Waals surface area (Å²) in [6.45, 7) is 1.14. The lowest BCUT2D eigenvalue weighted by Crippen LogP contribution is -2.26. The number of pyridine rings is 1. The number of carbonyl (C=O) groups is 1. The maximum absolute atomic E-state index is 12.1. The van der Waals surface area contributed by atoms with Gasteiger partial charge in [-0.3, -0.25) is 14.8 Å². The van der Waals surface area contributed by atoms with E-state index in [1.165, 1.54) is 12.4 Å². The Kier molecular flexibility index (Phi) is 2.29. The number of hydrogen-bond donors (Lipinski definition) is 0. The third kappa shape index (κ3) is 1.75. The third-order valence-electron chi connectivity index (χ3n) is 2.76. The third-order valence-corrected chi connectivity index (χ3v) is 2.76. The highest BCUT2D eigenvalue weighted by atomic mass is 16.2. The zero-order valence-corrected chi connectivity index (χ0v) is 9.08. The van der Waals surface area contributed by atoms with Gasteiger partial charge in [0.2, 0.25) is 0 Å². The lowest BCUT2D eigenvalue weighted by Gasteiger charge is -2.13. The zero-order valence-electron chi connectivity index (χ0n) is 9.08. The summed E-state index contributed by atoms with van der Waals surface area (Å²) in [6.07, 6.45) is 6.31. The lowest BCUT2D eigenvalue weighted by atomic mass is 10.2. The Morgan fingerprint density at radius 2 is 2.12 bits per heavy atom. The summed E-state index contributed by atoms with van der Waals surface area (Å²) in [5.41, 5.74) is 2.44. The molecule has 2 aromatic rings. The smallest absolute Gasteiger partial charge is 0.274 e. The number of aromatic nitrogens is 3. The van der Waals surface area contributed by atoms with Crippen LogP contribution in [0.5, 0.6) is 0 Å². The Balaban J connectivity index is 1.84. The first kappa shape index (κ1) is 9.89. The molecule has 0 unspecified atom stereocenters. The van der Waals surface area contributed by atoms with Crippen molar-refractivity contribution in [1.82, 2.24) is 19.9 Å². The van der Waals surface area contributed by atoms with E-state index >= 15 is 0 Å². The Labute approximate surface area is 98.2 Å². The van der Waals surface area contributed by atoms with Crippen LogP contribution in [-0.4, -0.2) is 25.8 Å². The monoisotopic (exact) mass is 226 g/mol. The van der Waals surface area contributed by atoms with E-state index in [9.17, 15) is 4.79 Å². The van der Waals surface area contributed by atoms with Crippen molar-refractivity contribution in [2.24, 2.45) is 0 Å². The normalized spacial score (nSPS) is 13.5. The molecule has 0 saturated heterocycles. The van der Waals surface area contributed by atoms with Crippen LogP contribution in [0.2, 0.25) is 0 Å². The highest BCUT2D eigenvalue weighted by molar-refractivity contribution is 5.92. The molecule has 0 aromatic carbocycles. The molecule has 0 bridgehead atoms. The molecule has 0 radical (unpaired) electrons. The van der Waals surface area contributed by atoms with E-state index in [1.54, 1.807) is 17.3 Å². The fourth-order valence-corrected chi connectivity index (χ4v) is 1.92. The summed E-state index contributed by atoms with van der Waals surface area (Å²) in [7, 11) is 0. The molecular weight excluding hydrogens is 216 g/mol. The number of rotatable bonds is 1. The molecule has 0 saturated carbocycles. The SMILES string of the molecule is O=C(c1cnccn1)N1Cc2cccnc2C1. The topological polar surface area (TPSA) is 59.0 Å². The maximum atomic E-state index is 12.1. The Hall–Kier alpha value is -2.30. The molecule has 1 aliphatic rings. The highest BCUT2D eigenvalue weighted by Gasteiger charge is 2.25. The summed E-state index contributed by atoms with van der Waals surface area (Å²) in [5, 5.41) is 0. The van der Waals surface area contributed by atoms with Crippen molar-refractivity contribution < 1.29 is 4.79 Å². The van der Waals surface area contributed by atoms with E-state index < -0.39 is 0 Å². The number of carbonyl (C=O) groups excluding carboxylic acids is 1. The Bertz CT molecular complexity index is 530. The quantitative estimate of drug-likeness (QED) is 0.728. The van der Waals surface area contributed by atoms with Gasteiger partial charge in [-0.05, 0) is 11.6 Å². The van der Waals surface area contributed by atoms with Crippen molar-refractivity contribution in [2.45, 2.75) is 13.1 Å². The van der Waals surface area contributed by atoms with Gasteiger partial charge in [-0.15, -0.1) is 0 Å². The van der Waals surface area contributed by atoms with Crippen LogP contribution in [0.3, 0.4) is 0 Å². The predicted octanol–water partition coefficient (Wildman–Crippen LogP) is 1.03. The van der Waals surface area contributed by atoms with Gasteiger partial charge in [0.1, 0.15) is 5.69 Å². The first-order valence-electron chi connectivity index (χ1n) is 5.32. The van der Waals surface area contributed by atoms with Crippen LogP contribution < -0.4 is 0 Å². The van der Waals surface area contributed by atoms with Crippen LogP contribution in [0.15, 0.2) is 36.9 Å². The first-order valence-corrected chi connectivity index (χ1v) is 5.32. The van der Waals surface area contributed by atoms with Crippen molar-refractivity contribution >= 4 is 5.91 Å². The minimum absolute atomic E-state index is 0.101. The van der Waals surface area contributed by atoms with Gasteiger partial charge in [-0.2, -0.15) is 0 Å². The fraction of sp³-hybridized carbons (Fsp3) is 0.167. The van der Waals surface area contributed by atoms with E-state index in [1.807, 2.05) is 12.1 Å². The summed E-state index contributed by atoms with van der Waals surface area (Å²) in [5.74, 6) is -0.101. The zero-order chi connectivity index (χ0) is 11.7. The minimum Gasteiger partial charge on any atom is -0.327 e. The molecule has 0 atom stereocenters. The molecule has 1 amide bonds. The second-order valence-corrected chi connectivity index (χ2v) is 3.86. The molecule has 0 fully saturated rings. The maximum Gasteiger partial charge on any atom is 0.274 e. The summed E-state index contributed by atoms with van der Waals surface area (Å²) in [4.78, 5) is 26.0. The molecule has 3 heterocycles. The summed E-state index contributed by atoms with van der Waals surface area (Å²) >= 11 is 0. The molecule has 1 aliphatic heterocycles. The van der Waals surface area contributed by atoms with Gasteiger partial charge >= 0.3 is 0 Å². The Morgan fingerprint density at radius 1 is 1.18 bits per heavy atom. The van der Waals surface area contributed by atoms with Crippen molar-refractivity contribution in [3.05, 3.63) is 53.9 Å². The van der Waals surface area contributed by atoms with Crippen molar-refractivity contribution in [1.29, 1.82) is 0 Å². The van der Waals surface area contributed by atoms with Crippen molar-refractivity contribution in [2.75, 3.05) is 0 Å². The lowest BCUT2D eigenvalue weighted by molar-refractivity contribution is 0.0744. The summed E-state index contributed by atoms with van der Waals surface area (Å²) in [6, 6.07) is 3.88. The summed E-state index contributed by atoms with van der Waals surface area (Å²) < 4.78 is 0. The van der Waals surface area contributed by atoms with Crippen LogP contribution >= 0.6 is 0 Å². The van der Waals surface area contributed by atoms with Gasteiger partial charge < -0.3 is 4.90 Å². The largest absolute Gasteiger partial charge is 0.327 e. The van der Waals surface area contributed by atoms with Crippen LogP contribution in [0.1, 0.15) is 21.7 Å². The second kappa shape index (κ2) is 3.93. The van der Waals surface area contributed by atoms with E-state index in [0.717, 1.165) is 11.3 Å². The van der Waals surface area contributed by atoms with E-state index in [2.05, 4.69) is 15.0 Å². The van der Waals surface area contributed by atoms with E-state index in [-0.39, 0.29) is 5.91 Å². The predicted molar refractivity (Wildman–Crippen MR) is 59.8 cm³/mol. The molecule has 5 heteroatoms. The van der Waals surface area contributed by atoms with Gasteiger partial charge in [-0.25, -0.2) is 4.98 Å². The van der Waals surface area contributed by atoms with Gasteiger partial charge in [0, 0.05) is 25.1 Å². The van der Waals surface area contributed by atoms with E-state index in [4.69, 9.17) is 0 Å². The number of hydrogen-bond acceptors (Lipinski definition) is 4. The average Bonchev–Trinajstić information content (AvgIpc) is 2.82. The molecule has 3 rings (SSSR count). The molecule has 5 nitrogen and oxygen atoms in total. The minimum atomic E-state index is -0.101. The Morgan fingerprint density at radius 3 is 2.88 bits per heavy atom. The molecule has 0 aliphatic carbocycles. The second-order valence-electron chi connectivity index (χ2n) is 3.86. The van der Waals surface area contributed by atoms with Crippen LogP contribution in [0.4, 0.5) is 0 Å².